The lowest BCUT2D eigenvalue weighted by molar-refractivity contribution is 0.402. The maximum atomic E-state index is 3.50. The summed E-state index contributed by atoms with van der Waals surface area (Å²) in [6.07, 6.45) is 0. The number of anilines is 1. The molecule has 2 nitrogen and oxygen atoms in total. The van der Waals surface area contributed by atoms with Crippen LogP contribution < -0.4 is 5.32 Å². The second-order valence-corrected chi connectivity index (χ2v) is 5.22. The SMILES string of the molecule is Cc1ccccc1CNc1cccc(CN(C)C)c1. The zero-order valence-electron chi connectivity index (χ0n) is 12.0. The molecule has 2 aromatic rings. The Balaban J connectivity index is 2.02. The number of aryl methyl sites for hydroxylation is 1. The van der Waals surface area contributed by atoms with Crippen molar-refractivity contribution in [2.24, 2.45) is 0 Å². The Morgan fingerprint density at radius 3 is 2.53 bits per heavy atom. The van der Waals surface area contributed by atoms with Crippen LogP contribution in [0.3, 0.4) is 0 Å². The number of nitrogens with zero attached hydrogens (tertiary/aromatic N) is 1. The molecule has 0 saturated carbocycles. The van der Waals surface area contributed by atoms with E-state index >= 15 is 0 Å². The molecule has 0 radical (unpaired) electrons. The minimum atomic E-state index is 0.873. The van der Waals surface area contributed by atoms with Crippen LogP contribution in [0.2, 0.25) is 0 Å². The Bertz CT molecular complexity index is 532. The minimum Gasteiger partial charge on any atom is -0.381 e. The molecule has 0 aromatic heterocycles. The maximum absolute atomic E-state index is 3.50. The van der Waals surface area contributed by atoms with Gasteiger partial charge in [0.25, 0.3) is 0 Å². The van der Waals surface area contributed by atoms with Crippen LogP contribution in [0.15, 0.2) is 48.5 Å². The van der Waals surface area contributed by atoms with E-state index in [9.17, 15) is 0 Å². The molecule has 0 saturated heterocycles. The van der Waals surface area contributed by atoms with Gasteiger partial charge in [-0.15, -0.1) is 0 Å². The van der Waals surface area contributed by atoms with Crippen LogP contribution in [0.1, 0.15) is 16.7 Å². The maximum Gasteiger partial charge on any atom is 0.0403 e. The fourth-order valence-electron chi connectivity index (χ4n) is 2.15. The van der Waals surface area contributed by atoms with Crippen molar-refractivity contribution in [2.45, 2.75) is 20.0 Å². The first kappa shape index (κ1) is 13.6. The van der Waals surface area contributed by atoms with Crippen molar-refractivity contribution in [1.82, 2.24) is 4.90 Å². The van der Waals surface area contributed by atoms with Gasteiger partial charge < -0.3 is 10.2 Å². The van der Waals surface area contributed by atoms with Crippen molar-refractivity contribution >= 4 is 5.69 Å². The Labute approximate surface area is 116 Å². The average Bonchev–Trinajstić information content (AvgIpc) is 2.37. The average molecular weight is 254 g/mol. The topological polar surface area (TPSA) is 15.3 Å². The summed E-state index contributed by atoms with van der Waals surface area (Å²) in [6.45, 7) is 4.00. The Hall–Kier alpha value is -1.80. The first-order valence-corrected chi connectivity index (χ1v) is 6.67. The summed E-state index contributed by atoms with van der Waals surface area (Å²) in [5.74, 6) is 0. The molecule has 0 fully saturated rings. The number of rotatable bonds is 5. The van der Waals surface area contributed by atoms with E-state index in [0.29, 0.717) is 0 Å². The van der Waals surface area contributed by atoms with E-state index in [2.05, 4.69) is 79.8 Å². The van der Waals surface area contributed by atoms with E-state index in [4.69, 9.17) is 0 Å². The minimum absolute atomic E-state index is 0.873. The molecule has 2 aromatic carbocycles. The van der Waals surface area contributed by atoms with Gasteiger partial charge in [0, 0.05) is 18.8 Å². The van der Waals surface area contributed by atoms with E-state index in [1.165, 1.54) is 22.4 Å². The molecule has 0 heterocycles. The molecule has 0 aliphatic carbocycles. The lowest BCUT2D eigenvalue weighted by Crippen LogP contribution is -2.10. The van der Waals surface area contributed by atoms with E-state index in [1.807, 2.05) is 0 Å². The Kier molecular flexibility index (Phi) is 4.58. The van der Waals surface area contributed by atoms with Crippen molar-refractivity contribution in [3.8, 4) is 0 Å². The standard InChI is InChI=1S/C17H22N2/c1-14-7-4-5-9-16(14)12-18-17-10-6-8-15(11-17)13-19(2)3/h4-11,18H,12-13H2,1-3H3. The highest BCUT2D eigenvalue weighted by Crippen LogP contribution is 2.14. The van der Waals surface area contributed by atoms with Gasteiger partial charge in [0.15, 0.2) is 0 Å². The summed E-state index contributed by atoms with van der Waals surface area (Å²) in [5, 5.41) is 3.50. The van der Waals surface area contributed by atoms with Crippen LogP contribution in [0.5, 0.6) is 0 Å². The molecule has 1 N–H and O–H groups in total. The summed E-state index contributed by atoms with van der Waals surface area (Å²) < 4.78 is 0. The van der Waals surface area contributed by atoms with Gasteiger partial charge in [-0.1, -0.05) is 36.4 Å². The van der Waals surface area contributed by atoms with Gasteiger partial charge in [0.2, 0.25) is 0 Å². The van der Waals surface area contributed by atoms with Crippen molar-refractivity contribution in [3.05, 3.63) is 65.2 Å². The number of hydrogen-bond donors (Lipinski definition) is 1. The predicted molar refractivity (Wildman–Crippen MR) is 82.3 cm³/mol. The van der Waals surface area contributed by atoms with Gasteiger partial charge in [-0.2, -0.15) is 0 Å². The highest BCUT2D eigenvalue weighted by Gasteiger charge is 1.99. The van der Waals surface area contributed by atoms with Crippen molar-refractivity contribution in [1.29, 1.82) is 0 Å². The van der Waals surface area contributed by atoms with Crippen molar-refractivity contribution < 1.29 is 0 Å². The zero-order chi connectivity index (χ0) is 13.7. The molecule has 0 aliphatic heterocycles. The van der Waals surface area contributed by atoms with Gasteiger partial charge in [0.05, 0.1) is 0 Å². The second kappa shape index (κ2) is 6.39. The monoisotopic (exact) mass is 254 g/mol. The summed E-state index contributed by atoms with van der Waals surface area (Å²) in [6, 6.07) is 17.1. The van der Waals surface area contributed by atoms with Gasteiger partial charge >= 0.3 is 0 Å². The normalized spacial score (nSPS) is 10.7. The van der Waals surface area contributed by atoms with Crippen LogP contribution in [0.25, 0.3) is 0 Å². The second-order valence-electron chi connectivity index (χ2n) is 5.22. The summed E-state index contributed by atoms with van der Waals surface area (Å²) in [4.78, 5) is 2.18. The molecular weight excluding hydrogens is 232 g/mol. The molecule has 19 heavy (non-hydrogen) atoms. The van der Waals surface area contributed by atoms with Crippen LogP contribution >= 0.6 is 0 Å². The van der Waals surface area contributed by atoms with Gasteiger partial charge in [0.1, 0.15) is 0 Å². The summed E-state index contributed by atoms with van der Waals surface area (Å²) >= 11 is 0. The first-order chi connectivity index (χ1) is 9.15. The van der Waals surface area contributed by atoms with Gasteiger partial charge in [-0.25, -0.2) is 0 Å². The van der Waals surface area contributed by atoms with Crippen molar-refractivity contribution in [3.63, 3.8) is 0 Å². The number of nitrogens with one attached hydrogen (secondary N) is 1. The molecule has 0 spiro atoms. The largest absolute Gasteiger partial charge is 0.381 e. The quantitative estimate of drug-likeness (QED) is 0.876. The van der Waals surface area contributed by atoms with E-state index in [1.54, 1.807) is 0 Å². The third kappa shape index (κ3) is 4.11. The third-order valence-corrected chi connectivity index (χ3v) is 3.17. The molecule has 100 valence electrons. The third-order valence-electron chi connectivity index (χ3n) is 3.17. The van der Waals surface area contributed by atoms with Gasteiger partial charge in [-0.05, 0) is 49.8 Å². The lowest BCUT2D eigenvalue weighted by Gasteiger charge is -2.12. The molecule has 2 heteroatoms. The summed E-state index contributed by atoms with van der Waals surface area (Å²) in [5.41, 5.74) is 5.20. The smallest absolute Gasteiger partial charge is 0.0403 e. The lowest BCUT2D eigenvalue weighted by atomic mass is 10.1. The fourth-order valence-corrected chi connectivity index (χ4v) is 2.15. The first-order valence-electron chi connectivity index (χ1n) is 6.67. The molecule has 0 amide bonds. The Morgan fingerprint density at radius 2 is 1.79 bits per heavy atom. The van der Waals surface area contributed by atoms with Crippen LogP contribution in [-0.4, -0.2) is 19.0 Å². The van der Waals surface area contributed by atoms with Crippen LogP contribution in [0, 0.1) is 6.92 Å². The summed E-state index contributed by atoms with van der Waals surface area (Å²) in [7, 11) is 4.18. The van der Waals surface area contributed by atoms with E-state index < -0.39 is 0 Å². The van der Waals surface area contributed by atoms with Crippen LogP contribution in [0.4, 0.5) is 5.69 Å². The van der Waals surface area contributed by atoms with Crippen LogP contribution in [-0.2, 0) is 13.1 Å². The zero-order valence-corrected chi connectivity index (χ0v) is 12.0. The highest BCUT2D eigenvalue weighted by atomic mass is 15.0. The molecule has 2 rings (SSSR count). The fraction of sp³-hybridized carbons (Fsp3) is 0.294. The molecule has 0 aliphatic rings. The molecular formula is C17H22N2. The van der Waals surface area contributed by atoms with Gasteiger partial charge in [-0.3, -0.25) is 0 Å². The van der Waals surface area contributed by atoms with E-state index in [-0.39, 0.29) is 0 Å². The molecule has 0 atom stereocenters. The van der Waals surface area contributed by atoms with E-state index in [0.717, 1.165) is 13.1 Å². The highest BCUT2D eigenvalue weighted by molar-refractivity contribution is 5.46. The Morgan fingerprint density at radius 1 is 1.00 bits per heavy atom. The number of hydrogen-bond acceptors (Lipinski definition) is 2. The molecule has 0 bridgehead atoms. The predicted octanol–water partition coefficient (Wildman–Crippen LogP) is 3.67. The van der Waals surface area contributed by atoms with Crippen molar-refractivity contribution in [2.75, 3.05) is 19.4 Å². The molecule has 0 unspecified atom stereocenters. The number of benzene rings is 2.